The standard InChI is InChI=1S/C15H19N3O2/c1-4-8-17(3)11-6-7-13-12(10-11)14(15(19)20)16-18(13)9-5-2/h1,5,11H,2,6-10H2,3H3,(H,19,20)/t11-/m1/s1. The number of carboxylic acid groups (broad SMARTS) is 1. The molecular weight excluding hydrogens is 254 g/mol. The van der Waals surface area contributed by atoms with Crippen LogP contribution in [0.1, 0.15) is 28.2 Å². The van der Waals surface area contributed by atoms with Crippen molar-refractivity contribution >= 4 is 5.97 Å². The molecule has 1 heterocycles. The fourth-order valence-electron chi connectivity index (χ4n) is 2.76. The number of carbonyl (C=O) groups is 1. The molecule has 0 bridgehead atoms. The van der Waals surface area contributed by atoms with Crippen LogP contribution in [0.2, 0.25) is 0 Å². The van der Waals surface area contributed by atoms with Crippen LogP contribution >= 0.6 is 0 Å². The van der Waals surface area contributed by atoms with Gasteiger partial charge in [-0.1, -0.05) is 12.0 Å². The maximum atomic E-state index is 11.3. The van der Waals surface area contributed by atoms with Gasteiger partial charge < -0.3 is 5.11 Å². The lowest BCUT2D eigenvalue weighted by molar-refractivity contribution is 0.0687. The Kier molecular flexibility index (Phi) is 4.26. The fourth-order valence-corrected chi connectivity index (χ4v) is 2.76. The largest absolute Gasteiger partial charge is 0.476 e. The molecule has 5 nitrogen and oxygen atoms in total. The number of terminal acetylenes is 1. The van der Waals surface area contributed by atoms with E-state index in [1.54, 1.807) is 10.8 Å². The second-order valence-electron chi connectivity index (χ2n) is 5.07. The van der Waals surface area contributed by atoms with Crippen LogP contribution in [0, 0.1) is 12.3 Å². The summed E-state index contributed by atoms with van der Waals surface area (Å²) in [6, 6.07) is 0.276. The van der Waals surface area contributed by atoms with Crippen molar-refractivity contribution in [2.24, 2.45) is 0 Å². The van der Waals surface area contributed by atoms with Gasteiger partial charge in [-0.25, -0.2) is 4.79 Å². The third kappa shape index (κ3) is 2.61. The number of hydrogen-bond acceptors (Lipinski definition) is 3. The summed E-state index contributed by atoms with van der Waals surface area (Å²) in [5, 5.41) is 13.5. The van der Waals surface area contributed by atoms with Gasteiger partial charge in [0.2, 0.25) is 0 Å². The summed E-state index contributed by atoms with van der Waals surface area (Å²) in [7, 11) is 1.98. The van der Waals surface area contributed by atoms with E-state index in [2.05, 4.69) is 22.5 Å². The highest BCUT2D eigenvalue weighted by molar-refractivity contribution is 5.87. The first-order valence-electron chi connectivity index (χ1n) is 6.65. The Hall–Kier alpha value is -2.06. The van der Waals surface area contributed by atoms with E-state index < -0.39 is 5.97 Å². The summed E-state index contributed by atoms with van der Waals surface area (Å²) in [6.45, 7) is 4.80. The summed E-state index contributed by atoms with van der Waals surface area (Å²) in [6.07, 6.45) is 9.55. The number of nitrogens with zero attached hydrogens (tertiary/aromatic N) is 3. The second-order valence-corrected chi connectivity index (χ2v) is 5.07. The number of aromatic carboxylic acids is 1. The molecule has 0 aromatic carbocycles. The molecule has 0 radical (unpaired) electrons. The van der Waals surface area contributed by atoms with Crippen LogP contribution < -0.4 is 0 Å². The lowest BCUT2D eigenvalue weighted by Gasteiger charge is -2.30. The summed E-state index contributed by atoms with van der Waals surface area (Å²) in [5.74, 6) is 1.66. The summed E-state index contributed by atoms with van der Waals surface area (Å²) >= 11 is 0. The summed E-state index contributed by atoms with van der Waals surface area (Å²) in [5.41, 5.74) is 2.03. The van der Waals surface area contributed by atoms with Crippen LogP contribution in [0.4, 0.5) is 0 Å². The third-order valence-corrected chi connectivity index (χ3v) is 3.79. The second kappa shape index (κ2) is 5.93. The SMILES string of the molecule is C#CCN(C)[C@@H]1CCc2c(c(C(=O)O)nn2CC=C)C1. The zero-order valence-electron chi connectivity index (χ0n) is 11.7. The minimum Gasteiger partial charge on any atom is -0.476 e. The molecule has 106 valence electrons. The lowest BCUT2D eigenvalue weighted by atomic mass is 9.90. The Bertz CT molecular complexity index is 568. The van der Waals surface area contributed by atoms with Crippen molar-refractivity contribution in [2.45, 2.75) is 31.8 Å². The van der Waals surface area contributed by atoms with Gasteiger partial charge >= 0.3 is 5.97 Å². The van der Waals surface area contributed by atoms with E-state index >= 15 is 0 Å². The first kappa shape index (κ1) is 14.4. The Morgan fingerprint density at radius 2 is 2.50 bits per heavy atom. The van der Waals surface area contributed by atoms with E-state index in [0.717, 1.165) is 24.1 Å². The Morgan fingerprint density at radius 3 is 3.10 bits per heavy atom. The molecule has 0 saturated carbocycles. The van der Waals surface area contributed by atoms with E-state index in [4.69, 9.17) is 6.42 Å². The zero-order valence-corrected chi connectivity index (χ0v) is 11.7. The van der Waals surface area contributed by atoms with Crippen molar-refractivity contribution in [2.75, 3.05) is 13.6 Å². The predicted molar refractivity (Wildman–Crippen MR) is 76.7 cm³/mol. The van der Waals surface area contributed by atoms with Gasteiger partial charge in [0, 0.05) is 17.3 Å². The normalized spacial score (nSPS) is 17.6. The number of hydrogen-bond donors (Lipinski definition) is 1. The van der Waals surface area contributed by atoms with Crippen LogP contribution in [-0.4, -0.2) is 45.4 Å². The molecule has 0 spiro atoms. The Balaban J connectivity index is 2.32. The monoisotopic (exact) mass is 273 g/mol. The third-order valence-electron chi connectivity index (χ3n) is 3.79. The van der Waals surface area contributed by atoms with E-state index in [1.165, 1.54) is 0 Å². The Labute approximate surface area is 118 Å². The Morgan fingerprint density at radius 1 is 1.75 bits per heavy atom. The quantitative estimate of drug-likeness (QED) is 0.647. The predicted octanol–water partition coefficient (Wildman–Crippen LogP) is 1.19. The molecule has 0 saturated heterocycles. The molecule has 2 rings (SSSR count). The molecule has 1 aliphatic carbocycles. The van der Waals surface area contributed by atoms with Crippen molar-refractivity contribution < 1.29 is 9.90 Å². The average molecular weight is 273 g/mol. The zero-order chi connectivity index (χ0) is 14.7. The highest BCUT2D eigenvalue weighted by Gasteiger charge is 2.30. The van der Waals surface area contributed by atoms with Gasteiger partial charge in [0.15, 0.2) is 5.69 Å². The summed E-state index contributed by atoms with van der Waals surface area (Å²) in [4.78, 5) is 13.4. The van der Waals surface area contributed by atoms with Crippen molar-refractivity contribution in [3.63, 3.8) is 0 Å². The number of carboxylic acids is 1. The minimum absolute atomic E-state index is 0.167. The smallest absolute Gasteiger partial charge is 0.356 e. The van der Waals surface area contributed by atoms with E-state index in [0.29, 0.717) is 19.5 Å². The van der Waals surface area contributed by atoms with Crippen LogP contribution in [0.25, 0.3) is 0 Å². The van der Waals surface area contributed by atoms with Crippen molar-refractivity contribution in [3.05, 3.63) is 29.6 Å². The number of allylic oxidation sites excluding steroid dienone is 1. The van der Waals surface area contributed by atoms with Crippen LogP contribution in [0.3, 0.4) is 0 Å². The molecule has 0 amide bonds. The maximum Gasteiger partial charge on any atom is 0.356 e. The molecule has 20 heavy (non-hydrogen) atoms. The molecule has 1 aliphatic rings. The first-order chi connectivity index (χ1) is 9.58. The van der Waals surface area contributed by atoms with Crippen molar-refractivity contribution in [3.8, 4) is 12.3 Å². The van der Waals surface area contributed by atoms with E-state index in [-0.39, 0.29) is 11.7 Å². The average Bonchev–Trinajstić information content (AvgIpc) is 2.78. The molecule has 1 aromatic heterocycles. The maximum absolute atomic E-state index is 11.3. The van der Waals surface area contributed by atoms with Crippen LogP contribution in [0.15, 0.2) is 12.7 Å². The first-order valence-corrected chi connectivity index (χ1v) is 6.65. The lowest BCUT2D eigenvalue weighted by Crippen LogP contribution is -2.37. The molecular formula is C15H19N3O2. The molecule has 1 aromatic rings. The number of fused-ring (bicyclic) bond motifs is 1. The van der Waals surface area contributed by atoms with Gasteiger partial charge in [0.1, 0.15) is 0 Å². The van der Waals surface area contributed by atoms with Crippen LogP contribution in [-0.2, 0) is 19.4 Å². The van der Waals surface area contributed by atoms with Gasteiger partial charge in [0.25, 0.3) is 0 Å². The molecule has 0 fully saturated rings. The summed E-state index contributed by atoms with van der Waals surface area (Å²) < 4.78 is 1.75. The van der Waals surface area contributed by atoms with Gasteiger partial charge in [-0.15, -0.1) is 13.0 Å². The minimum atomic E-state index is -0.968. The van der Waals surface area contributed by atoms with Gasteiger partial charge in [-0.2, -0.15) is 5.10 Å². The molecule has 1 N–H and O–H groups in total. The molecule has 1 atom stereocenters. The molecule has 0 unspecified atom stereocenters. The van der Waals surface area contributed by atoms with Gasteiger partial charge in [-0.05, 0) is 26.3 Å². The fraction of sp³-hybridized carbons (Fsp3) is 0.467. The van der Waals surface area contributed by atoms with Gasteiger partial charge in [-0.3, -0.25) is 9.58 Å². The van der Waals surface area contributed by atoms with Crippen molar-refractivity contribution in [1.82, 2.24) is 14.7 Å². The van der Waals surface area contributed by atoms with E-state index in [1.807, 2.05) is 7.05 Å². The number of aromatic nitrogens is 2. The number of likely N-dealkylation sites (N-methyl/N-ethyl adjacent to an activating group) is 1. The molecule has 0 aliphatic heterocycles. The van der Waals surface area contributed by atoms with Crippen molar-refractivity contribution in [1.29, 1.82) is 0 Å². The topological polar surface area (TPSA) is 58.4 Å². The van der Waals surface area contributed by atoms with Crippen LogP contribution in [0.5, 0.6) is 0 Å². The highest BCUT2D eigenvalue weighted by Crippen LogP contribution is 2.27. The molecule has 5 heteroatoms. The van der Waals surface area contributed by atoms with E-state index in [9.17, 15) is 9.90 Å². The number of rotatable bonds is 5. The van der Waals surface area contributed by atoms with Gasteiger partial charge in [0.05, 0.1) is 13.1 Å². The highest BCUT2D eigenvalue weighted by atomic mass is 16.4.